The van der Waals surface area contributed by atoms with Crippen molar-refractivity contribution >= 4 is 17.8 Å². The van der Waals surface area contributed by atoms with Crippen LogP contribution in [-0.4, -0.2) is 29.2 Å². The number of halogens is 1. The molecule has 5 nitrogen and oxygen atoms in total. The molecule has 24 heavy (non-hydrogen) atoms. The van der Waals surface area contributed by atoms with Gasteiger partial charge in [0.2, 0.25) is 5.91 Å². The van der Waals surface area contributed by atoms with Gasteiger partial charge in [-0.25, -0.2) is 4.39 Å². The van der Waals surface area contributed by atoms with Gasteiger partial charge in [-0.05, 0) is 29.3 Å². The Bertz CT molecular complexity index is 818. The van der Waals surface area contributed by atoms with E-state index in [0.29, 0.717) is 16.7 Å². The first kappa shape index (κ1) is 15.9. The molecule has 2 amide bonds. The molecular formula is C18H14FNO4. The number of benzene rings is 2. The van der Waals surface area contributed by atoms with Gasteiger partial charge in [0.25, 0.3) is 5.91 Å². The molecule has 1 aliphatic rings. The number of hydrogen-bond acceptors (Lipinski definition) is 4. The lowest BCUT2D eigenvalue weighted by Gasteiger charge is -2.25. The van der Waals surface area contributed by atoms with Gasteiger partial charge in [0.1, 0.15) is 19.0 Å². The first-order valence-corrected chi connectivity index (χ1v) is 7.37. The number of carbonyl (C=O) groups excluding carboxylic acids is 3. The highest BCUT2D eigenvalue weighted by Gasteiger charge is 2.32. The summed E-state index contributed by atoms with van der Waals surface area (Å²) >= 11 is 0. The second-order valence-corrected chi connectivity index (χ2v) is 5.41. The average Bonchev–Trinajstić information content (AvgIpc) is 2.57. The van der Waals surface area contributed by atoms with E-state index < -0.39 is 30.1 Å². The van der Waals surface area contributed by atoms with Crippen molar-refractivity contribution in [1.82, 2.24) is 4.90 Å². The Kier molecular flexibility index (Phi) is 4.37. The van der Waals surface area contributed by atoms with Crippen LogP contribution in [0.2, 0.25) is 0 Å². The van der Waals surface area contributed by atoms with E-state index in [2.05, 4.69) is 0 Å². The number of fused-ring (bicyclic) bond motifs is 1. The third kappa shape index (κ3) is 3.32. The second-order valence-electron chi connectivity index (χ2n) is 5.41. The molecule has 0 spiro atoms. The third-order valence-electron chi connectivity index (χ3n) is 3.71. The highest BCUT2D eigenvalue weighted by atomic mass is 19.1. The van der Waals surface area contributed by atoms with Crippen LogP contribution in [0, 0.1) is 5.82 Å². The van der Waals surface area contributed by atoms with Gasteiger partial charge in [0.05, 0.1) is 6.42 Å². The van der Waals surface area contributed by atoms with Crippen LogP contribution in [0.3, 0.4) is 0 Å². The van der Waals surface area contributed by atoms with Crippen molar-refractivity contribution in [2.24, 2.45) is 0 Å². The minimum atomic E-state index is -0.722. The Morgan fingerprint density at radius 2 is 1.92 bits per heavy atom. The van der Waals surface area contributed by atoms with E-state index in [4.69, 9.17) is 4.74 Å². The molecule has 0 radical (unpaired) electrons. The fourth-order valence-corrected chi connectivity index (χ4v) is 2.53. The maximum Gasteiger partial charge on any atom is 0.326 e. The lowest BCUT2D eigenvalue weighted by Crippen LogP contribution is -2.45. The minimum Gasteiger partial charge on any atom is -0.459 e. The van der Waals surface area contributed by atoms with Crippen molar-refractivity contribution in [3.8, 4) is 0 Å². The molecule has 2 aromatic rings. The predicted molar refractivity (Wildman–Crippen MR) is 82.4 cm³/mol. The summed E-state index contributed by atoms with van der Waals surface area (Å²) in [5.41, 5.74) is 1.55. The normalized spacial score (nSPS) is 13.6. The Morgan fingerprint density at radius 1 is 1.12 bits per heavy atom. The maximum absolute atomic E-state index is 13.1. The molecule has 0 saturated carbocycles. The molecule has 3 rings (SSSR count). The standard InChI is InChI=1S/C18H14FNO4/c19-14-6-3-4-12(8-14)11-24-17(22)10-20-16(21)9-13-5-1-2-7-15(13)18(20)23/h1-8H,9-11H2. The van der Waals surface area contributed by atoms with Crippen LogP contribution >= 0.6 is 0 Å². The number of hydrogen-bond donors (Lipinski definition) is 0. The molecule has 0 N–H and O–H groups in total. The number of rotatable bonds is 4. The van der Waals surface area contributed by atoms with Crippen molar-refractivity contribution < 1.29 is 23.5 Å². The van der Waals surface area contributed by atoms with E-state index in [-0.39, 0.29) is 13.0 Å². The zero-order chi connectivity index (χ0) is 17.1. The zero-order valence-electron chi connectivity index (χ0n) is 12.7. The van der Waals surface area contributed by atoms with Crippen molar-refractivity contribution in [2.75, 3.05) is 6.54 Å². The van der Waals surface area contributed by atoms with E-state index >= 15 is 0 Å². The maximum atomic E-state index is 13.1. The summed E-state index contributed by atoms with van der Waals surface area (Å²) in [5.74, 6) is -2.10. The molecule has 0 saturated heterocycles. The molecule has 6 heteroatoms. The number of imide groups is 1. The SMILES string of the molecule is O=C(CN1C(=O)Cc2ccccc2C1=O)OCc1cccc(F)c1. The fraction of sp³-hybridized carbons (Fsp3) is 0.167. The van der Waals surface area contributed by atoms with Crippen LogP contribution in [0.25, 0.3) is 0 Å². The Labute approximate surface area is 137 Å². The molecule has 122 valence electrons. The largest absolute Gasteiger partial charge is 0.459 e. The monoisotopic (exact) mass is 327 g/mol. The van der Waals surface area contributed by atoms with Gasteiger partial charge in [-0.1, -0.05) is 30.3 Å². The highest BCUT2D eigenvalue weighted by Crippen LogP contribution is 2.19. The Balaban J connectivity index is 1.64. The number of esters is 1. The van der Waals surface area contributed by atoms with Crippen molar-refractivity contribution in [1.29, 1.82) is 0 Å². The van der Waals surface area contributed by atoms with Crippen LogP contribution in [0.4, 0.5) is 4.39 Å². The molecule has 0 bridgehead atoms. The van der Waals surface area contributed by atoms with Crippen LogP contribution in [0.15, 0.2) is 48.5 Å². The number of nitrogens with zero attached hydrogens (tertiary/aromatic N) is 1. The van der Waals surface area contributed by atoms with Gasteiger partial charge in [0, 0.05) is 5.56 Å². The van der Waals surface area contributed by atoms with E-state index in [1.54, 1.807) is 30.3 Å². The first-order valence-electron chi connectivity index (χ1n) is 7.37. The molecule has 1 aliphatic heterocycles. The van der Waals surface area contributed by atoms with Gasteiger partial charge >= 0.3 is 5.97 Å². The summed E-state index contributed by atoms with van der Waals surface area (Å²) in [6.45, 7) is -0.579. The van der Waals surface area contributed by atoms with Gasteiger partial charge in [-0.3, -0.25) is 19.3 Å². The second kappa shape index (κ2) is 6.62. The Morgan fingerprint density at radius 3 is 2.71 bits per heavy atom. The summed E-state index contributed by atoms with van der Waals surface area (Å²) < 4.78 is 18.1. The van der Waals surface area contributed by atoms with Crippen LogP contribution < -0.4 is 0 Å². The van der Waals surface area contributed by atoms with E-state index in [9.17, 15) is 18.8 Å². The van der Waals surface area contributed by atoms with Crippen LogP contribution in [0.5, 0.6) is 0 Å². The van der Waals surface area contributed by atoms with Gasteiger partial charge in [0.15, 0.2) is 0 Å². The molecule has 0 atom stereocenters. The predicted octanol–water partition coefficient (Wildman–Crippen LogP) is 2.09. The highest BCUT2D eigenvalue weighted by molar-refractivity contribution is 6.11. The van der Waals surface area contributed by atoms with Gasteiger partial charge < -0.3 is 4.74 Å². The summed E-state index contributed by atoms with van der Waals surface area (Å²) in [4.78, 5) is 37.2. The summed E-state index contributed by atoms with van der Waals surface area (Å²) in [6, 6.07) is 12.4. The van der Waals surface area contributed by atoms with E-state index in [1.807, 2.05) is 0 Å². The molecule has 0 fully saturated rings. The molecule has 0 aromatic heterocycles. The van der Waals surface area contributed by atoms with Gasteiger partial charge in [-0.2, -0.15) is 0 Å². The summed E-state index contributed by atoms with van der Waals surface area (Å²) in [6.07, 6.45) is 0.0685. The van der Waals surface area contributed by atoms with Crippen molar-refractivity contribution in [2.45, 2.75) is 13.0 Å². The van der Waals surface area contributed by atoms with Gasteiger partial charge in [-0.15, -0.1) is 0 Å². The third-order valence-corrected chi connectivity index (χ3v) is 3.71. The van der Waals surface area contributed by atoms with E-state index in [0.717, 1.165) is 4.90 Å². The smallest absolute Gasteiger partial charge is 0.326 e. The quantitative estimate of drug-likeness (QED) is 0.637. The average molecular weight is 327 g/mol. The Hall–Kier alpha value is -3.02. The first-order chi connectivity index (χ1) is 11.5. The number of carbonyl (C=O) groups is 3. The van der Waals surface area contributed by atoms with Crippen molar-refractivity contribution in [3.63, 3.8) is 0 Å². The molecule has 1 heterocycles. The molecular weight excluding hydrogens is 313 g/mol. The summed E-state index contributed by atoms with van der Waals surface area (Å²) in [7, 11) is 0. The zero-order valence-corrected chi connectivity index (χ0v) is 12.7. The number of ether oxygens (including phenoxy) is 1. The topological polar surface area (TPSA) is 63.7 Å². The van der Waals surface area contributed by atoms with Crippen molar-refractivity contribution in [3.05, 3.63) is 71.0 Å². The van der Waals surface area contributed by atoms with Crippen LogP contribution in [0.1, 0.15) is 21.5 Å². The fourth-order valence-electron chi connectivity index (χ4n) is 2.53. The number of amides is 2. The molecule has 0 aliphatic carbocycles. The van der Waals surface area contributed by atoms with Crippen LogP contribution in [-0.2, 0) is 27.4 Å². The lowest BCUT2D eigenvalue weighted by molar-refractivity contribution is -0.149. The molecule has 2 aromatic carbocycles. The lowest BCUT2D eigenvalue weighted by atomic mass is 9.98. The minimum absolute atomic E-state index is 0.0685. The molecule has 0 unspecified atom stereocenters. The summed E-state index contributed by atoms with van der Waals surface area (Å²) in [5, 5.41) is 0. The van der Waals surface area contributed by atoms with E-state index in [1.165, 1.54) is 18.2 Å².